The van der Waals surface area contributed by atoms with Gasteiger partial charge < -0.3 is 9.47 Å². The Bertz CT molecular complexity index is 1750. The number of aromatic nitrogens is 3. The van der Waals surface area contributed by atoms with Gasteiger partial charge in [-0.15, -0.1) is 0 Å². The summed E-state index contributed by atoms with van der Waals surface area (Å²) in [5.41, 5.74) is 6.24. The Kier molecular flexibility index (Phi) is 8.77. The number of halogens is 1. The van der Waals surface area contributed by atoms with Gasteiger partial charge >= 0.3 is 5.97 Å². The molecule has 0 spiro atoms. The summed E-state index contributed by atoms with van der Waals surface area (Å²) in [4.78, 5) is 32.3. The van der Waals surface area contributed by atoms with E-state index in [1.807, 2.05) is 66.7 Å². The van der Waals surface area contributed by atoms with Crippen molar-refractivity contribution < 1.29 is 14.3 Å². The van der Waals surface area contributed by atoms with E-state index >= 15 is 0 Å². The first-order chi connectivity index (χ1) is 20.1. The molecule has 0 aliphatic rings. The van der Waals surface area contributed by atoms with E-state index in [2.05, 4.69) is 51.4 Å². The van der Waals surface area contributed by atoms with Crippen molar-refractivity contribution >= 4 is 45.4 Å². The Morgan fingerprint density at radius 2 is 1.59 bits per heavy atom. The number of aromatic amines is 2. The van der Waals surface area contributed by atoms with E-state index in [1.165, 1.54) is 7.11 Å². The highest BCUT2D eigenvalue weighted by molar-refractivity contribution is 9.10. The van der Waals surface area contributed by atoms with Gasteiger partial charge in [0.2, 0.25) is 17.2 Å². The van der Waals surface area contributed by atoms with Crippen LogP contribution in [0.15, 0.2) is 123 Å². The summed E-state index contributed by atoms with van der Waals surface area (Å²) in [5.74, 6) is 0.485. The number of hydrogen-bond donors (Lipinski definition) is 3. The summed E-state index contributed by atoms with van der Waals surface area (Å²) in [6.07, 6.45) is 1.58. The highest BCUT2D eigenvalue weighted by Crippen LogP contribution is 2.28. The van der Waals surface area contributed by atoms with Crippen LogP contribution in [0.1, 0.15) is 15.9 Å². The second-order valence-electron chi connectivity index (χ2n) is 8.46. The van der Waals surface area contributed by atoms with Crippen molar-refractivity contribution in [2.75, 3.05) is 12.5 Å². The molecule has 0 atom stereocenters. The molecule has 0 aliphatic heterocycles. The number of benzene rings is 4. The number of hydrazone groups is 1. The van der Waals surface area contributed by atoms with Crippen molar-refractivity contribution in [3.8, 4) is 11.5 Å². The topological polar surface area (TPSA) is 129 Å². The van der Waals surface area contributed by atoms with Crippen LogP contribution in [0.5, 0.6) is 11.5 Å². The van der Waals surface area contributed by atoms with E-state index < -0.39 is 5.97 Å². The number of hydrogen-bond acceptors (Lipinski definition) is 8. The minimum atomic E-state index is -0.497. The SMILES string of the molecule is COc1cc(/C=N\Nc2nc(=Nc3ccccc3)[nH]c(=Nc3ccccc3)[nH]2)ccc1OC(=O)c1cccc(Br)c1. The van der Waals surface area contributed by atoms with Crippen LogP contribution in [0.25, 0.3) is 0 Å². The summed E-state index contributed by atoms with van der Waals surface area (Å²) in [6.45, 7) is 0. The smallest absolute Gasteiger partial charge is 0.343 e. The molecular weight excluding hydrogens is 586 g/mol. The fraction of sp³-hybridized carbons (Fsp3) is 0.0333. The Balaban J connectivity index is 1.37. The largest absolute Gasteiger partial charge is 0.493 e. The number of anilines is 1. The van der Waals surface area contributed by atoms with Crippen molar-refractivity contribution in [2.45, 2.75) is 0 Å². The summed E-state index contributed by atoms with van der Waals surface area (Å²) in [6, 6.07) is 31.0. The van der Waals surface area contributed by atoms with Gasteiger partial charge in [-0.25, -0.2) is 20.2 Å². The lowest BCUT2D eigenvalue weighted by Crippen LogP contribution is -2.28. The summed E-state index contributed by atoms with van der Waals surface area (Å²) >= 11 is 3.36. The quantitative estimate of drug-likeness (QED) is 0.0907. The van der Waals surface area contributed by atoms with Gasteiger partial charge in [-0.3, -0.25) is 9.97 Å². The molecule has 0 saturated carbocycles. The van der Waals surface area contributed by atoms with Gasteiger partial charge in [-0.05, 0) is 66.2 Å². The van der Waals surface area contributed by atoms with Gasteiger partial charge in [0.25, 0.3) is 0 Å². The molecule has 0 saturated heterocycles. The predicted octanol–water partition coefficient (Wildman–Crippen LogP) is 5.64. The third kappa shape index (κ3) is 7.64. The Morgan fingerprint density at radius 3 is 2.29 bits per heavy atom. The normalized spacial score (nSPS) is 12.0. The van der Waals surface area contributed by atoms with Crippen molar-refractivity contribution in [2.24, 2.45) is 15.1 Å². The van der Waals surface area contributed by atoms with Crippen LogP contribution in [0.3, 0.4) is 0 Å². The molecule has 204 valence electrons. The van der Waals surface area contributed by atoms with Crippen LogP contribution in [0.4, 0.5) is 17.3 Å². The number of esters is 1. The molecule has 0 amide bonds. The number of ether oxygens (including phenoxy) is 2. The molecule has 0 aliphatic carbocycles. The summed E-state index contributed by atoms with van der Waals surface area (Å²) in [7, 11) is 1.50. The maximum absolute atomic E-state index is 12.6. The van der Waals surface area contributed by atoms with Gasteiger partial charge in [0.1, 0.15) is 0 Å². The number of para-hydroxylation sites is 2. The Labute approximate surface area is 243 Å². The first-order valence-electron chi connectivity index (χ1n) is 12.4. The minimum Gasteiger partial charge on any atom is -0.493 e. The molecule has 0 unspecified atom stereocenters. The molecular formula is C30H24BrN7O3. The number of carbonyl (C=O) groups excluding carboxylic acids is 1. The lowest BCUT2D eigenvalue weighted by molar-refractivity contribution is 0.0729. The summed E-state index contributed by atoms with van der Waals surface area (Å²) < 4.78 is 11.8. The van der Waals surface area contributed by atoms with E-state index in [1.54, 1.807) is 42.6 Å². The third-order valence-electron chi connectivity index (χ3n) is 5.51. The number of carbonyl (C=O) groups is 1. The van der Waals surface area contributed by atoms with Crippen molar-refractivity contribution in [1.29, 1.82) is 0 Å². The van der Waals surface area contributed by atoms with Crippen molar-refractivity contribution in [3.63, 3.8) is 0 Å². The Morgan fingerprint density at radius 1 is 0.854 bits per heavy atom. The maximum atomic E-state index is 12.6. The van der Waals surface area contributed by atoms with Crippen LogP contribution < -0.4 is 26.1 Å². The molecule has 4 aromatic carbocycles. The first kappa shape index (κ1) is 27.3. The van der Waals surface area contributed by atoms with Crippen LogP contribution in [-0.2, 0) is 0 Å². The third-order valence-corrected chi connectivity index (χ3v) is 6.00. The molecule has 5 rings (SSSR count). The molecule has 3 N–H and O–H groups in total. The highest BCUT2D eigenvalue weighted by Gasteiger charge is 2.13. The van der Waals surface area contributed by atoms with Crippen LogP contribution in [-0.4, -0.2) is 34.2 Å². The molecule has 0 radical (unpaired) electrons. The first-order valence-corrected chi connectivity index (χ1v) is 13.2. The molecule has 11 heteroatoms. The van der Waals surface area contributed by atoms with Gasteiger partial charge in [-0.1, -0.05) is 58.4 Å². The molecule has 5 aromatic rings. The summed E-state index contributed by atoms with van der Waals surface area (Å²) in [5, 5.41) is 4.30. The molecule has 41 heavy (non-hydrogen) atoms. The van der Waals surface area contributed by atoms with Crippen molar-refractivity contribution in [3.05, 3.63) is 130 Å². The molecule has 0 bridgehead atoms. The molecule has 0 fully saturated rings. The van der Waals surface area contributed by atoms with Gasteiger partial charge in [0.15, 0.2) is 11.5 Å². The second kappa shape index (κ2) is 13.2. The monoisotopic (exact) mass is 609 g/mol. The Hall–Kier alpha value is -5.29. The standard InChI is InChI=1S/C30H24BrN7O3/c1-40-26-17-20(15-16-25(26)41-27(39)21-9-8-10-22(31)18-21)19-32-38-30-36-28(33-23-11-4-2-5-12-23)35-29(37-30)34-24-13-6-3-7-14-24/h2-19H,1H3,(H3,33,34,35,36,37,38)/b32-19-. The van der Waals surface area contributed by atoms with E-state index in [0.717, 1.165) is 15.8 Å². The number of methoxy groups -OCH3 is 1. The predicted molar refractivity (Wildman–Crippen MR) is 160 cm³/mol. The van der Waals surface area contributed by atoms with E-state index in [4.69, 9.17) is 9.47 Å². The van der Waals surface area contributed by atoms with E-state index in [0.29, 0.717) is 34.1 Å². The number of H-pyrrole nitrogens is 2. The zero-order valence-electron chi connectivity index (χ0n) is 21.8. The van der Waals surface area contributed by atoms with Crippen molar-refractivity contribution in [1.82, 2.24) is 15.0 Å². The lowest BCUT2D eigenvalue weighted by Gasteiger charge is -2.10. The van der Waals surface area contributed by atoms with E-state index in [-0.39, 0.29) is 5.75 Å². The maximum Gasteiger partial charge on any atom is 0.343 e. The number of nitrogens with zero attached hydrogens (tertiary/aromatic N) is 4. The highest BCUT2D eigenvalue weighted by atomic mass is 79.9. The molecule has 10 nitrogen and oxygen atoms in total. The number of nitrogens with one attached hydrogen (secondary N) is 3. The average molecular weight is 610 g/mol. The minimum absolute atomic E-state index is 0.288. The lowest BCUT2D eigenvalue weighted by atomic mass is 10.2. The van der Waals surface area contributed by atoms with Crippen LogP contribution in [0, 0.1) is 0 Å². The van der Waals surface area contributed by atoms with Crippen LogP contribution in [0.2, 0.25) is 0 Å². The average Bonchev–Trinajstić information content (AvgIpc) is 2.99. The zero-order valence-corrected chi connectivity index (χ0v) is 23.4. The molecule has 1 heterocycles. The molecule has 1 aromatic heterocycles. The van der Waals surface area contributed by atoms with Gasteiger partial charge in [0.05, 0.1) is 30.3 Å². The van der Waals surface area contributed by atoms with Gasteiger partial charge in [0, 0.05) is 4.47 Å². The fourth-order valence-electron chi connectivity index (χ4n) is 3.62. The number of rotatable bonds is 8. The zero-order chi connectivity index (χ0) is 28.4. The fourth-order valence-corrected chi connectivity index (χ4v) is 4.02. The van der Waals surface area contributed by atoms with E-state index in [9.17, 15) is 4.79 Å². The second-order valence-corrected chi connectivity index (χ2v) is 9.37. The van der Waals surface area contributed by atoms with Crippen LogP contribution >= 0.6 is 15.9 Å². The van der Waals surface area contributed by atoms with Gasteiger partial charge in [-0.2, -0.15) is 10.1 Å².